The first-order valence-electron chi connectivity index (χ1n) is 6.71. The Morgan fingerprint density at radius 1 is 1.33 bits per heavy atom. The first kappa shape index (κ1) is 13.1. The maximum Gasteiger partial charge on any atom is 0.223 e. The van der Waals surface area contributed by atoms with Crippen molar-refractivity contribution in [2.75, 3.05) is 6.54 Å². The van der Waals surface area contributed by atoms with Gasteiger partial charge in [-0.1, -0.05) is 12.1 Å². The number of benzene rings is 1. The van der Waals surface area contributed by atoms with E-state index in [1.165, 1.54) is 18.6 Å². The minimum atomic E-state index is -0.227. The monoisotopic (exact) mass is 249 g/mol. The van der Waals surface area contributed by atoms with E-state index >= 15 is 0 Å². The van der Waals surface area contributed by atoms with Crippen molar-refractivity contribution in [3.63, 3.8) is 0 Å². The highest BCUT2D eigenvalue weighted by atomic mass is 19.1. The summed E-state index contributed by atoms with van der Waals surface area (Å²) in [4.78, 5) is 14.1. The van der Waals surface area contributed by atoms with Crippen molar-refractivity contribution in [3.05, 3.63) is 35.6 Å². The predicted molar refractivity (Wildman–Crippen MR) is 69.7 cm³/mol. The SMILES string of the molecule is CC1CCCCN1C(=O)CCc1ccc(F)cc1. The van der Waals surface area contributed by atoms with Gasteiger partial charge in [0.1, 0.15) is 5.82 Å². The summed E-state index contributed by atoms with van der Waals surface area (Å²) in [7, 11) is 0. The average Bonchev–Trinajstić information content (AvgIpc) is 2.38. The summed E-state index contributed by atoms with van der Waals surface area (Å²) >= 11 is 0. The molecule has 0 spiro atoms. The van der Waals surface area contributed by atoms with Crippen molar-refractivity contribution in [1.82, 2.24) is 4.90 Å². The van der Waals surface area contributed by atoms with Crippen molar-refractivity contribution in [2.24, 2.45) is 0 Å². The van der Waals surface area contributed by atoms with E-state index in [-0.39, 0.29) is 11.7 Å². The van der Waals surface area contributed by atoms with E-state index in [0.717, 1.165) is 24.9 Å². The molecule has 2 rings (SSSR count). The van der Waals surface area contributed by atoms with E-state index in [0.29, 0.717) is 18.9 Å². The third-order valence-corrected chi connectivity index (χ3v) is 3.66. The van der Waals surface area contributed by atoms with Crippen molar-refractivity contribution in [1.29, 1.82) is 0 Å². The number of piperidine rings is 1. The van der Waals surface area contributed by atoms with E-state index in [1.54, 1.807) is 12.1 Å². The molecule has 98 valence electrons. The summed E-state index contributed by atoms with van der Waals surface area (Å²) < 4.78 is 12.8. The largest absolute Gasteiger partial charge is 0.340 e. The molecule has 1 amide bonds. The second kappa shape index (κ2) is 5.98. The highest BCUT2D eigenvalue weighted by Gasteiger charge is 2.22. The number of halogens is 1. The van der Waals surface area contributed by atoms with Gasteiger partial charge >= 0.3 is 0 Å². The van der Waals surface area contributed by atoms with Crippen LogP contribution >= 0.6 is 0 Å². The number of likely N-dealkylation sites (tertiary alicyclic amines) is 1. The van der Waals surface area contributed by atoms with E-state index in [9.17, 15) is 9.18 Å². The lowest BCUT2D eigenvalue weighted by atomic mass is 10.0. The zero-order chi connectivity index (χ0) is 13.0. The van der Waals surface area contributed by atoms with Crippen LogP contribution < -0.4 is 0 Å². The number of amides is 1. The summed E-state index contributed by atoms with van der Waals surface area (Å²) in [6.45, 7) is 3.01. The summed E-state index contributed by atoms with van der Waals surface area (Å²) in [5.74, 6) is 0.00116. The van der Waals surface area contributed by atoms with Crippen LogP contribution in [0.15, 0.2) is 24.3 Å². The Morgan fingerprint density at radius 3 is 2.72 bits per heavy atom. The number of rotatable bonds is 3. The summed E-state index contributed by atoms with van der Waals surface area (Å²) in [6.07, 6.45) is 4.68. The fraction of sp³-hybridized carbons (Fsp3) is 0.533. The van der Waals surface area contributed by atoms with Crippen molar-refractivity contribution >= 4 is 5.91 Å². The van der Waals surface area contributed by atoms with Gasteiger partial charge in [-0.3, -0.25) is 4.79 Å². The Labute approximate surface area is 108 Å². The molecule has 0 N–H and O–H groups in total. The highest BCUT2D eigenvalue weighted by Crippen LogP contribution is 2.18. The number of carbonyl (C=O) groups is 1. The van der Waals surface area contributed by atoms with Crippen LogP contribution in [0.1, 0.15) is 38.2 Å². The second-order valence-corrected chi connectivity index (χ2v) is 5.06. The second-order valence-electron chi connectivity index (χ2n) is 5.06. The Hall–Kier alpha value is -1.38. The van der Waals surface area contributed by atoms with Gasteiger partial charge in [-0.25, -0.2) is 4.39 Å². The zero-order valence-electron chi connectivity index (χ0n) is 10.9. The van der Waals surface area contributed by atoms with Crippen LogP contribution in [0.25, 0.3) is 0 Å². The average molecular weight is 249 g/mol. The lowest BCUT2D eigenvalue weighted by Crippen LogP contribution is -2.42. The van der Waals surface area contributed by atoms with Gasteiger partial charge in [-0.05, 0) is 50.3 Å². The van der Waals surface area contributed by atoms with Gasteiger partial charge in [0, 0.05) is 19.0 Å². The number of hydrogen-bond acceptors (Lipinski definition) is 1. The van der Waals surface area contributed by atoms with Gasteiger partial charge < -0.3 is 4.90 Å². The molecule has 1 fully saturated rings. The van der Waals surface area contributed by atoms with Gasteiger partial charge in [0.2, 0.25) is 5.91 Å². The number of nitrogens with zero attached hydrogens (tertiary/aromatic N) is 1. The van der Waals surface area contributed by atoms with Crippen LogP contribution in [-0.2, 0) is 11.2 Å². The molecular weight excluding hydrogens is 229 g/mol. The first-order valence-corrected chi connectivity index (χ1v) is 6.71. The maximum absolute atomic E-state index is 12.8. The third kappa shape index (κ3) is 3.31. The fourth-order valence-corrected chi connectivity index (χ4v) is 2.51. The molecule has 1 heterocycles. The van der Waals surface area contributed by atoms with Crippen molar-refractivity contribution < 1.29 is 9.18 Å². The van der Waals surface area contributed by atoms with Crippen LogP contribution in [0.2, 0.25) is 0 Å². The molecular formula is C15H20FNO. The van der Waals surface area contributed by atoms with Crippen LogP contribution in [0.3, 0.4) is 0 Å². The molecule has 1 aromatic rings. The smallest absolute Gasteiger partial charge is 0.223 e. The lowest BCUT2D eigenvalue weighted by Gasteiger charge is -2.33. The Balaban J connectivity index is 1.85. The normalized spacial score (nSPS) is 19.9. The van der Waals surface area contributed by atoms with Crippen LogP contribution in [-0.4, -0.2) is 23.4 Å². The molecule has 1 aliphatic rings. The minimum absolute atomic E-state index is 0.227. The van der Waals surface area contributed by atoms with Gasteiger partial charge in [0.05, 0.1) is 0 Å². The number of aryl methyl sites for hydroxylation is 1. The van der Waals surface area contributed by atoms with E-state index < -0.39 is 0 Å². The standard InChI is InChI=1S/C15H20FNO/c1-12-4-2-3-11-17(12)15(18)10-7-13-5-8-14(16)9-6-13/h5-6,8-9,12H,2-4,7,10-11H2,1H3. The van der Waals surface area contributed by atoms with Crippen molar-refractivity contribution in [3.8, 4) is 0 Å². The molecule has 0 aliphatic carbocycles. The molecule has 18 heavy (non-hydrogen) atoms. The topological polar surface area (TPSA) is 20.3 Å². The van der Waals surface area contributed by atoms with Gasteiger partial charge in [-0.2, -0.15) is 0 Å². The predicted octanol–water partition coefficient (Wildman–Crippen LogP) is 3.16. The number of hydrogen-bond donors (Lipinski definition) is 0. The molecule has 0 radical (unpaired) electrons. The molecule has 1 saturated heterocycles. The quantitative estimate of drug-likeness (QED) is 0.805. The fourth-order valence-electron chi connectivity index (χ4n) is 2.51. The Kier molecular flexibility index (Phi) is 4.34. The van der Waals surface area contributed by atoms with Crippen molar-refractivity contribution in [2.45, 2.75) is 45.1 Å². The Bertz CT molecular complexity index is 401. The van der Waals surface area contributed by atoms with Gasteiger partial charge in [0.15, 0.2) is 0 Å². The number of carbonyl (C=O) groups excluding carboxylic acids is 1. The van der Waals surface area contributed by atoms with E-state index in [2.05, 4.69) is 6.92 Å². The van der Waals surface area contributed by atoms with Crippen LogP contribution in [0, 0.1) is 5.82 Å². The molecule has 0 saturated carbocycles. The highest BCUT2D eigenvalue weighted by molar-refractivity contribution is 5.76. The molecule has 0 aromatic heterocycles. The zero-order valence-corrected chi connectivity index (χ0v) is 10.9. The molecule has 1 aliphatic heterocycles. The summed E-state index contributed by atoms with van der Waals surface area (Å²) in [6, 6.07) is 6.77. The molecule has 1 unspecified atom stereocenters. The first-order chi connectivity index (χ1) is 8.66. The van der Waals surface area contributed by atoms with E-state index in [4.69, 9.17) is 0 Å². The maximum atomic E-state index is 12.8. The van der Waals surface area contributed by atoms with Crippen LogP contribution in [0.5, 0.6) is 0 Å². The summed E-state index contributed by atoms with van der Waals surface area (Å²) in [5.41, 5.74) is 1.02. The Morgan fingerprint density at radius 2 is 2.06 bits per heavy atom. The molecule has 1 atom stereocenters. The van der Waals surface area contributed by atoms with Gasteiger partial charge in [0.25, 0.3) is 0 Å². The minimum Gasteiger partial charge on any atom is -0.340 e. The molecule has 3 heteroatoms. The summed E-state index contributed by atoms with van der Waals surface area (Å²) in [5, 5.41) is 0. The van der Waals surface area contributed by atoms with Crippen LogP contribution in [0.4, 0.5) is 4.39 Å². The molecule has 1 aromatic carbocycles. The van der Waals surface area contributed by atoms with Gasteiger partial charge in [-0.15, -0.1) is 0 Å². The molecule has 2 nitrogen and oxygen atoms in total. The lowest BCUT2D eigenvalue weighted by molar-refractivity contribution is -0.134. The third-order valence-electron chi connectivity index (χ3n) is 3.66. The molecule has 0 bridgehead atoms. The van der Waals surface area contributed by atoms with E-state index in [1.807, 2.05) is 4.90 Å².